The first-order valence-electron chi connectivity index (χ1n) is 5.65. The van der Waals surface area contributed by atoms with E-state index in [4.69, 9.17) is 0 Å². The third-order valence-corrected chi connectivity index (χ3v) is 3.18. The van der Waals surface area contributed by atoms with Crippen LogP contribution in [-0.4, -0.2) is 19.0 Å². The average molecular weight is 258 g/mol. The first-order valence-corrected chi connectivity index (χ1v) is 5.65. The summed E-state index contributed by atoms with van der Waals surface area (Å²) < 4.78 is 39.2. The van der Waals surface area contributed by atoms with Gasteiger partial charge in [-0.15, -0.1) is 0 Å². The summed E-state index contributed by atoms with van der Waals surface area (Å²) in [7, 11) is 0. The van der Waals surface area contributed by atoms with Gasteiger partial charge in [0.25, 0.3) is 0 Å². The lowest BCUT2D eigenvalue weighted by Crippen LogP contribution is -2.48. The number of carbonyl (C=O) groups excluding carboxylic acids is 1. The molecule has 1 aromatic carbocycles. The van der Waals surface area contributed by atoms with Crippen LogP contribution in [0.3, 0.4) is 0 Å². The van der Waals surface area contributed by atoms with Crippen molar-refractivity contribution in [3.05, 3.63) is 29.6 Å². The van der Waals surface area contributed by atoms with E-state index in [0.29, 0.717) is 19.2 Å². The Morgan fingerprint density at radius 2 is 2.06 bits per heavy atom. The molecule has 3 nitrogen and oxygen atoms in total. The highest BCUT2D eigenvalue weighted by Crippen LogP contribution is 2.22. The molecule has 1 amide bonds. The van der Waals surface area contributed by atoms with Gasteiger partial charge >= 0.3 is 0 Å². The Balaban J connectivity index is 2.11. The lowest BCUT2D eigenvalue weighted by atomic mass is 9.88. The lowest BCUT2D eigenvalue weighted by Gasteiger charge is -2.31. The molecule has 6 heteroatoms. The minimum atomic E-state index is -1.32. The van der Waals surface area contributed by atoms with Crippen molar-refractivity contribution in [2.75, 3.05) is 18.4 Å². The van der Waals surface area contributed by atoms with E-state index >= 15 is 0 Å². The monoisotopic (exact) mass is 258 g/mol. The number of amides is 1. The molecule has 2 N–H and O–H groups in total. The van der Waals surface area contributed by atoms with Gasteiger partial charge in [0.1, 0.15) is 5.82 Å². The highest BCUT2D eigenvalue weighted by molar-refractivity contribution is 5.92. The maximum absolute atomic E-state index is 13.3. The Hall–Kier alpha value is -1.56. The third-order valence-electron chi connectivity index (χ3n) is 3.18. The Morgan fingerprint density at radius 3 is 2.61 bits per heavy atom. The van der Waals surface area contributed by atoms with Crippen LogP contribution in [0.1, 0.15) is 6.92 Å². The molecule has 98 valence electrons. The fourth-order valence-electron chi connectivity index (χ4n) is 1.77. The first kappa shape index (κ1) is 12.9. The van der Waals surface area contributed by atoms with Crippen LogP contribution in [0.4, 0.5) is 18.9 Å². The van der Waals surface area contributed by atoms with Gasteiger partial charge in [0, 0.05) is 18.1 Å². The van der Waals surface area contributed by atoms with E-state index in [1.807, 2.05) is 0 Å². The molecule has 0 bridgehead atoms. The number of nitrogens with one attached hydrogen (secondary N) is 2. The van der Waals surface area contributed by atoms with Crippen molar-refractivity contribution in [2.45, 2.75) is 6.92 Å². The molecule has 1 fully saturated rings. The molecule has 1 aliphatic heterocycles. The van der Waals surface area contributed by atoms with Gasteiger partial charge in [-0.05, 0) is 19.0 Å². The highest BCUT2D eigenvalue weighted by atomic mass is 19.2. The maximum atomic E-state index is 13.3. The molecule has 18 heavy (non-hydrogen) atoms. The Morgan fingerprint density at radius 1 is 1.39 bits per heavy atom. The van der Waals surface area contributed by atoms with Crippen molar-refractivity contribution in [2.24, 2.45) is 11.8 Å². The van der Waals surface area contributed by atoms with Crippen LogP contribution < -0.4 is 10.6 Å². The number of rotatable bonds is 3. The number of hydrogen-bond donors (Lipinski definition) is 2. The minimum absolute atomic E-state index is 0.173. The van der Waals surface area contributed by atoms with E-state index in [9.17, 15) is 18.0 Å². The van der Waals surface area contributed by atoms with Gasteiger partial charge in [-0.3, -0.25) is 4.79 Å². The summed E-state index contributed by atoms with van der Waals surface area (Å²) >= 11 is 0. The van der Waals surface area contributed by atoms with Crippen molar-refractivity contribution >= 4 is 11.6 Å². The van der Waals surface area contributed by atoms with E-state index < -0.39 is 29.0 Å². The van der Waals surface area contributed by atoms with Crippen LogP contribution in [0, 0.1) is 29.3 Å². The molecule has 0 spiro atoms. The van der Waals surface area contributed by atoms with Crippen LogP contribution in [0.15, 0.2) is 12.1 Å². The molecule has 1 heterocycles. The van der Waals surface area contributed by atoms with Gasteiger partial charge in [-0.2, -0.15) is 0 Å². The molecule has 1 aromatic rings. The standard InChI is InChI=1S/C12H13F3N2O/c1-6(7-4-16-5-7)12(18)17-10-3-8(13)2-9(14)11(10)15/h2-3,6-7,16H,4-5H2,1H3,(H,17,18). The Bertz CT molecular complexity index is 475. The summed E-state index contributed by atoms with van der Waals surface area (Å²) in [6.07, 6.45) is 0. The predicted molar refractivity (Wildman–Crippen MR) is 60.5 cm³/mol. The molecule has 1 unspecified atom stereocenters. The zero-order valence-corrected chi connectivity index (χ0v) is 9.77. The highest BCUT2D eigenvalue weighted by Gasteiger charge is 2.29. The zero-order valence-electron chi connectivity index (χ0n) is 9.77. The van der Waals surface area contributed by atoms with Crippen molar-refractivity contribution in [1.82, 2.24) is 5.32 Å². The molecule has 0 aliphatic carbocycles. The molecule has 0 radical (unpaired) electrons. The van der Waals surface area contributed by atoms with E-state index in [1.54, 1.807) is 6.92 Å². The number of hydrogen-bond acceptors (Lipinski definition) is 2. The van der Waals surface area contributed by atoms with Gasteiger partial charge in [0.05, 0.1) is 5.69 Å². The van der Waals surface area contributed by atoms with Crippen molar-refractivity contribution in [1.29, 1.82) is 0 Å². The van der Waals surface area contributed by atoms with Gasteiger partial charge in [0.2, 0.25) is 5.91 Å². The Labute approximate surface area is 102 Å². The Kier molecular flexibility index (Phi) is 3.56. The maximum Gasteiger partial charge on any atom is 0.227 e. The minimum Gasteiger partial charge on any atom is -0.323 e. The molecule has 1 atom stereocenters. The van der Waals surface area contributed by atoms with Crippen molar-refractivity contribution < 1.29 is 18.0 Å². The molecule has 1 saturated heterocycles. The van der Waals surface area contributed by atoms with Gasteiger partial charge < -0.3 is 10.6 Å². The third kappa shape index (κ3) is 2.48. The van der Waals surface area contributed by atoms with Gasteiger partial charge in [-0.1, -0.05) is 6.92 Å². The number of anilines is 1. The van der Waals surface area contributed by atoms with Crippen LogP contribution in [0.25, 0.3) is 0 Å². The van der Waals surface area contributed by atoms with Crippen LogP contribution >= 0.6 is 0 Å². The van der Waals surface area contributed by atoms with E-state index in [1.165, 1.54) is 0 Å². The van der Waals surface area contributed by atoms with Crippen LogP contribution in [0.2, 0.25) is 0 Å². The van der Waals surface area contributed by atoms with E-state index in [2.05, 4.69) is 10.6 Å². The van der Waals surface area contributed by atoms with Crippen molar-refractivity contribution in [3.8, 4) is 0 Å². The fraction of sp³-hybridized carbons (Fsp3) is 0.417. The molecule has 0 aromatic heterocycles. The van der Waals surface area contributed by atoms with Crippen LogP contribution in [0.5, 0.6) is 0 Å². The molecular weight excluding hydrogens is 245 g/mol. The molecule has 1 aliphatic rings. The molecule has 0 saturated carbocycles. The summed E-state index contributed by atoms with van der Waals surface area (Å²) in [6, 6.07) is 1.20. The number of carbonyl (C=O) groups is 1. The largest absolute Gasteiger partial charge is 0.323 e. The predicted octanol–water partition coefficient (Wildman–Crippen LogP) is 1.90. The smallest absolute Gasteiger partial charge is 0.227 e. The quantitative estimate of drug-likeness (QED) is 0.813. The zero-order chi connectivity index (χ0) is 13.3. The number of halogens is 3. The van der Waals surface area contributed by atoms with Crippen LogP contribution in [-0.2, 0) is 4.79 Å². The van der Waals surface area contributed by atoms with Gasteiger partial charge in [-0.25, -0.2) is 13.2 Å². The normalized spacial score (nSPS) is 17.1. The van der Waals surface area contributed by atoms with E-state index in [-0.39, 0.29) is 11.8 Å². The summed E-state index contributed by atoms with van der Waals surface area (Å²) in [5.74, 6) is -4.09. The van der Waals surface area contributed by atoms with Gasteiger partial charge in [0.15, 0.2) is 11.6 Å². The average Bonchev–Trinajstić information content (AvgIpc) is 2.22. The first-order chi connectivity index (χ1) is 8.49. The topological polar surface area (TPSA) is 41.1 Å². The summed E-state index contributed by atoms with van der Waals surface area (Å²) in [4.78, 5) is 11.8. The fourth-order valence-corrected chi connectivity index (χ4v) is 1.77. The molecular formula is C12H13F3N2O. The summed E-state index contributed by atoms with van der Waals surface area (Å²) in [6.45, 7) is 3.14. The summed E-state index contributed by atoms with van der Waals surface area (Å²) in [5.41, 5.74) is -0.461. The lowest BCUT2D eigenvalue weighted by molar-refractivity contribution is -0.121. The second-order valence-corrected chi connectivity index (χ2v) is 4.45. The second-order valence-electron chi connectivity index (χ2n) is 4.45. The molecule has 2 rings (SSSR count). The number of benzene rings is 1. The SMILES string of the molecule is CC(C(=O)Nc1cc(F)cc(F)c1F)C1CNC1. The van der Waals surface area contributed by atoms with E-state index in [0.717, 1.165) is 6.07 Å². The summed E-state index contributed by atoms with van der Waals surface area (Å²) in [5, 5.41) is 5.24. The second kappa shape index (κ2) is 4.97. The van der Waals surface area contributed by atoms with Crippen molar-refractivity contribution in [3.63, 3.8) is 0 Å².